The van der Waals surface area contributed by atoms with E-state index in [2.05, 4.69) is 5.32 Å². The molecular weight excluding hydrogens is 383 g/mol. The monoisotopic (exact) mass is 403 g/mol. The van der Waals surface area contributed by atoms with Crippen LogP contribution >= 0.6 is 11.6 Å². The molecule has 1 heterocycles. The van der Waals surface area contributed by atoms with Gasteiger partial charge in [-0.25, -0.2) is 0 Å². The number of rotatable bonds is 4. The highest BCUT2D eigenvalue weighted by Crippen LogP contribution is 2.40. The number of amides is 2. The minimum Gasteiger partial charge on any atom is -0.368 e. The molecule has 1 aliphatic carbocycles. The predicted molar refractivity (Wildman–Crippen MR) is 95.1 cm³/mol. The number of likely N-dealkylation sites (tertiary alicyclic amines) is 1. The van der Waals surface area contributed by atoms with Gasteiger partial charge in [-0.3, -0.25) is 14.5 Å². The smallest absolute Gasteiger partial charge is 0.368 e. The number of benzene rings is 1. The number of hydrogen-bond acceptors (Lipinski definition) is 3. The Morgan fingerprint density at radius 2 is 1.96 bits per heavy atom. The second-order valence-corrected chi connectivity index (χ2v) is 7.61. The molecule has 148 valence electrons. The molecule has 2 aliphatic rings. The van der Waals surface area contributed by atoms with Crippen LogP contribution in [0.5, 0.6) is 0 Å². The molecule has 3 rings (SSSR count). The Bertz CT molecular complexity index is 741. The third kappa shape index (κ3) is 4.38. The molecule has 0 radical (unpaired) electrons. The molecule has 0 aromatic heterocycles. The van der Waals surface area contributed by atoms with E-state index in [1.54, 1.807) is 4.90 Å². The number of alkyl halides is 3. The first-order valence-electron chi connectivity index (χ1n) is 8.88. The van der Waals surface area contributed by atoms with Gasteiger partial charge in [0.05, 0.1) is 23.8 Å². The van der Waals surface area contributed by atoms with Crippen LogP contribution in [0.25, 0.3) is 0 Å². The number of anilines is 1. The first-order valence-corrected chi connectivity index (χ1v) is 9.26. The van der Waals surface area contributed by atoms with E-state index in [1.165, 1.54) is 6.07 Å². The van der Waals surface area contributed by atoms with E-state index in [0.29, 0.717) is 12.3 Å². The molecule has 2 fully saturated rings. The molecule has 1 aliphatic heterocycles. The molecule has 3 atom stereocenters. The minimum atomic E-state index is -4.65. The molecule has 3 N–H and O–H groups in total. The van der Waals surface area contributed by atoms with Crippen molar-refractivity contribution >= 4 is 29.1 Å². The van der Waals surface area contributed by atoms with E-state index in [1.807, 2.05) is 0 Å². The van der Waals surface area contributed by atoms with Gasteiger partial charge in [0.2, 0.25) is 11.8 Å². The van der Waals surface area contributed by atoms with E-state index >= 15 is 0 Å². The number of nitrogens with two attached hydrogens (primary N) is 1. The second-order valence-electron chi connectivity index (χ2n) is 7.17. The van der Waals surface area contributed by atoms with Gasteiger partial charge in [-0.1, -0.05) is 24.4 Å². The molecule has 1 aromatic carbocycles. The average Bonchev–Trinajstić information content (AvgIpc) is 2.94. The van der Waals surface area contributed by atoms with Gasteiger partial charge in [0, 0.05) is 11.1 Å². The summed E-state index contributed by atoms with van der Waals surface area (Å²) in [4.78, 5) is 26.0. The highest BCUT2D eigenvalue weighted by molar-refractivity contribution is 6.30. The summed E-state index contributed by atoms with van der Waals surface area (Å²) in [5, 5.41) is 2.24. The maximum absolute atomic E-state index is 13.2. The van der Waals surface area contributed by atoms with Crippen molar-refractivity contribution in [1.29, 1.82) is 0 Å². The van der Waals surface area contributed by atoms with Crippen molar-refractivity contribution in [2.75, 3.05) is 11.9 Å². The van der Waals surface area contributed by atoms with E-state index in [9.17, 15) is 22.8 Å². The molecule has 0 bridgehead atoms. The van der Waals surface area contributed by atoms with Gasteiger partial charge in [0.1, 0.15) is 0 Å². The molecule has 0 unspecified atom stereocenters. The average molecular weight is 404 g/mol. The summed E-state index contributed by atoms with van der Waals surface area (Å²) >= 11 is 5.65. The summed E-state index contributed by atoms with van der Waals surface area (Å²) in [6.07, 6.45) is -0.140. The van der Waals surface area contributed by atoms with Gasteiger partial charge in [0.15, 0.2) is 0 Å². The summed E-state index contributed by atoms with van der Waals surface area (Å²) in [5.41, 5.74) is 4.13. The Labute approximate surface area is 160 Å². The molecule has 1 aromatic rings. The summed E-state index contributed by atoms with van der Waals surface area (Å²) < 4.78 is 39.6. The Kier molecular flexibility index (Phi) is 5.67. The number of halogens is 4. The van der Waals surface area contributed by atoms with Crippen molar-refractivity contribution in [3.8, 4) is 0 Å². The summed E-state index contributed by atoms with van der Waals surface area (Å²) in [6.45, 7) is -0.172. The van der Waals surface area contributed by atoms with Crippen LogP contribution in [0.3, 0.4) is 0 Å². The van der Waals surface area contributed by atoms with E-state index < -0.39 is 29.6 Å². The lowest BCUT2D eigenvalue weighted by Crippen LogP contribution is -2.48. The molecule has 27 heavy (non-hydrogen) atoms. The van der Waals surface area contributed by atoms with Crippen LogP contribution in [0, 0.1) is 5.92 Å². The maximum atomic E-state index is 13.2. The van der Waals surface area contributed by atoms with Crippen molar-refractivity contribution < 1.29 is 22.8 Å². The number of primary amides is 1. The summed E-state index contributed by atoms with van der Waals surface area (Å²) in [7, 11) is 0. The molecule has 2 amide bonds. The molecule has 0 spiro atoms. The Hall–Kier alpha value is -1.80. The van der Waals surface area contributed by atoms with Crippen molar-refractivity contribution in [1.82, 2.24) is 4.90 Å². The van der Waals surface area contributed by atoms with Crippen LogP contribution in [0.4, 0.5) is 18.9 Å². The number of nitrogens with one attached hydrogen (secondary N) is 1. The molecule has 9 heteroatoms. The van der Waals surface area contributed by atoms with Crippen LogP contribution in [-0.4, -0.2) is 35.3 Å². The molecule has 5 nitrogen and oxygen atoms in total. The van der Waals surface area contributed by atoms with E-state index in [0.717, 1.165) is 37.8 Å². The second kappa shape index (κ2) is 7.67. The Morgan fingerprint density at radius 3 is 2.63 bits per heavy atom. The fourth-order valence-electron chi connectivity index (χ4n) is 4.28. The van der Waals surface area contributed by atoms with Gasteiger partial charge in [-0.15, -0.1) is 0 Å². The van der Waals surface area contributed by atoms with Crippen molar-refractivity contribution in [3.63, 3.8) is 0 Å². The highest BCUT2D eigenvalue weighted by atomic mass is 35.5. The highest BCUT2D eigenvalue weighted by Gasteiger charge is 2.45. The standard InChI is InChI=1S/C18H21ClF3N3O2/c19-11-5-6-13(12(8-11)18(20,21)22)24-16(26)9-25-14-4-2-1-3-10(14)7-15(25)17(23)27/h5-6,8,10,14-15H,1-4,7,9H2,(H2,23,27)(H,24,26)/t10-,14+,15+/m1/s1. The van der Waals surface area contributed by atoms with Crippen molar-refractivity contribution in [2.45, 2.75) is 50.4 Å². The SMILES string of the molecule is NC(=O)[C@@H]1C[C@H]2CCCC[C@@H]2N1CC(=O)Nc1ccc(Cl)cc1C(F)(F)F. The van der Waals surface area contributed by atoms with Crippen LogP contribution in [0.15, 0.2) is 18.2 Å². The summed E-state index contributed by atoms with van der Waals surface area (Å²) in [6, 6.07) is 2.69. The van der Waals surface area contributed by atoms with Crippen LogP contribution < -0.4 is 11.1 Å². The lowest BCUT2D eigenvalue weighted by atomic mass is 9.84. The van der Waals surface area contributed by atoms with Gasteiger partial charge < -0.3 is 11.1 Å². The van der Waals surface area contributed by atoms with Crippen molar-refractivity contribution in [3.05, 3.63) is 28.8 Å². The normalized spacial score (nSPS) is 25.9. The summed E-state index contributed by atoms with van der Waals surface area (Å²) in [5.74, 6) is -0.815. The van der Waals surface area contributed by atoms with Gasteiger partial charge in [-0.05, 0) is 43.4 Å². The number of carbonyl (C=O) groups is 2. The van der Waals surface area contributed by atoms with Gasteiger partial charge in [0.25, 0.3) is 0 Å². The Balaban J connectivity index is 1.76. The topological polar surface area (TPSA) is 75.4 Å². The number of nitrogens with zero attached hydrogens (tertiary/aromatic N) is 1. The quantitative estimate of drug-likeness (QED) is 0.808. The zero-order chi connectivity index (χ0) is 19.8. The first-order chi connectivity index (χ1) is 12.7. The minimum absolute atomic E-state index is 0.0642. The largest absolute Gasteiger partial charge is 0.418 e. The fourth-order valence-corrected chi connectivity index (χ4v) is 4.45. The van der Waals surface area contributed by atoms with E-state index in [-0.39, 0.29) is 23.3 Å². The van der Waals surface area contributed by atoms with E-state index in [4.69, 9.17) is 17.3 Å². The number of carbonyl (C=O) groups excluding carboxylic acids is 2. The zero-order valence-corrected chi connectivity index (χ0v) is 15.3. The Morgan fingerprint density at radius 1 is 1.26 bits per heavy atom. The fraction of sp³-hybridized carbons (Fsp3) is 0.556. The van der Waals surface area contributed by atoms with Gasteiger partial charge >= 0.3 is 6.18 Å². The first kappa shape index (κ1) is 19.9. The number of hydrogen-bond donors (Lipinski definition) is 2. The van der Waals surface area contributed by atoms with Crippen LogP contribution in [-0.2, 0) is 15.8 Å². The van der Waals surface area contributed by atoms with Crippen molar-refractivity contribution in [2.24, 2.45) is 11.7 Å². The molecule has 1 saturated heterocycles. The zero-order valence-electron chi connectivity index (χ0n) is 14.6. The molecular formula is C18H21ClF3N3O2. The van der Waals surface area contributed by atoms with Crippen LogP contribution in [0.1, 0.15) is 37.7 Å². The van der Waals surface area contributed by atoms with Crippen LogP contribution in [0.2, 0.25) is 5.02 Å². The van der Waals surface area contributed by atoms with Gasteiger partial charge in [-0.2, -0.15) is 13.2 Å². The lowest BCUT2D eigenvalue weighted by molar-refractivity contribution is -0.137. The third-order valence-electron chi connectivity index (χ3n) is 5.44. The lowest BCUT2D eigenvalue weighted by Gasteiger charge is -2.32. The predicted octanol–water partition coefficient (Wildman–Crippen LogP) is 3.42. The maximum Gasteiger partial charge on any atom is 0.418 e. The number of fused-ring (bicyclic) bond motifs is 1. The molecule has 1 saturated carbocycles. The third-order valence-corrected chi connectivity index (χ3v) is 5.67.